The summed E-state index contributed by atoms with van der Waals surface area (Å²) in [6.45, 7) is 0.475. The zero-order valence-corrected chi connectivity index (χ0v) is 4.46. The second-order valence-electron chi connectivity index (χ2n) is 1.85. The standard InChI is InChI=1S/C4H10N2O2/c7-3-1-4(8)6-2-5-3/h3-8H,1-2H2. The fourth-order valence-corrected chi connectivity index (χ4v) is 0.673. The molecule has 1 saturated heterocycles. The first kappa shape index (κ1) is 5.97. The smallest absolute Gasteiger partial charge is 0.109 e. The maximum Gasteiger partial charge on any atom is 0.109 e. The molecule has 0 aromatic rings. The van der Waals surface area contributed by atoms with Crippen molar-refractivity contribution in [2.45, 2.75) is 18.9 Å². The molecule has 0 amide bonds. The van der Waals surface area contributed by atoms with E-state index in [4.69, 9.17) is 10.2 Å². The molecule has 4 heteroatoms. The lowest BCUT2D eigenvalue weighted by molar-refractivity contribution is 0.00929. The van der Waals surface area contributed by atoms with Gasteiger partial charge in [0.25, 0.3) is 0 Å². The van der Waals surface area contributed by atoms with Crippen molar-refractivity contribution in [3.05, 3.63) is 0 Å². The zero-order valence-electron chi connectivity index (χ0n) is 4.46. The van der Waals surface area contributed by atoms with Gasteiger partial charge in [0.2, 0.25) is 0 Å². The quantitative estimate of drug-likeness (QED) is 0.302. The topological polar surface area (TPSA) is 64.5 Å². The van der Waals surface area contributed by atoms with Crippen LogP contribution in [-0.2, 0) is 0 Å². The van der Waals surface area contributed by atoms with Crippen LogP contribution in [0.4, 0.5) is 0 Å². The molecule has 0 radical (unpaired) electrons. The lowest BCUT2D eigenvalue weighted by Crippen LogP contribution is -2.50. The number of nitrogens with one attached hydrogen (secondary N) is 2. The van der Waals surface area contributed by atoms with E-state index in [1.165, 1.54) is 0 Å². The molecule has 1 aliphatic heterocycles. The van der Waals surface area contributed by atoms with Gasteiger partial charge in [-0.05, 0) is 0 Å². The molecule has 0 saturated carbocycles. The first-order valence-electron chi connectivity index (χ1n) is 2.62. The van der Waals surface area contributed by atoms with Gasteiger partial charge in [-0.1, -0.05) is 0 Å². The van der Waals surface area contributed by atoms with E-state index in [-0.39, 0.29) is 0 Å². The van der Waals surface area contributed by atoms with Gasteiger partial charge in [-0.3, -0.25) is 10.6 Å². The molecule has 0 aliphatic carbocycles. The van der Waals surface area contributed by atoms with Crippen molar-refractivity contribution in [2.24, 2.45) is 0 Å². The van der Waals surface area contributed by atoms with Gasteiger partial charge in [0, 0.05) is 13.1 Å². The van der Waals surface area contributed by atoms with Gasteiger partial charge in [0.15, 0.2) is 0 Å². The lowest BCUT2D eigenvalue weighted by Gasteiger charge is -2.24. The van der Waals surface area contributed by atoms with Crippen LogP contribution in [0.25, 0.3) is 0 Å². The minimum Gasteiger partial charge on any atom is -0.378 e. The second-order valence-corrected chi connectivity index (χ2v) is 1.85. The van der Waals surface area contributed by atoms with Crippen molar-refractivity contribution in [2.75, 3.05) is 6.67 Å². The largest absolute Gasteiger partial charge is 0.378 e. The van der Waals surface area contributed by atoms with Crippen molar-refractivity contribution in [1.29, 1.82) is 0 Å². The van der Waals surface area contributed by atoms with Crippen LogP contribution in [-0.4, -0.2) is 29.3 Å². The number of aliphatic hydroxyl groups excluding tert-OH is 2. The molecule has 2 unspecified atom stereocenters. The fraction of sp³-hybridized carbons (Fsp3) is 1.00. The van der Waals surface area contributed by atoms with E-state index in [0.717, 1.165) is 0 Å². The van der Waals surface area contributed by atoms with E-state index in [1.807, 2.05) is 0 Å². The van der Waals surface area contributed by atoms with Crippen molar-refractivity contribution in [3.8, 4) is 0 Å². The maximum atomic E-state index is 8.77. The highest BCUT2D eigenvalue weighted by atomic mass is 16.3. The molecule has 1 aliphatic rings. The fourth-order valence-electron chi connectivity index (χ4n) is 0.673. The van der Waals surface area contributed by atoms with Gasteiger partial charge in [-0.2, -0.15) is 0 Å². The van der Waals surface area contributed by atoms with Crippen LogP contribution in [0.2, 0.25) is 0 Å². The van der Waals surface area contributed by atoms with E-state index >= 15 is 0 Å². The van der Waals surface area contributed by atoms with Crippen LogP contribution in [0.3, 0.4) is 0 Å². The van der Waals surface area contributed by atoms with Crippen molar-refractivity contribution >= 4 is 0 Å². The Morgan fingerprint density at radius 1 is 1.12 bits per heavy atom. The molecular formula is C4H10N2O2. The van der Waals surface area contributed by atoms with Crippen LogP contribution < -0.4 is 10.6 Å². The highest BCUT2D eigenvalue weighted by molar-refractivity contribution is 4.64. The molecule has 4 nitrogen and oxygen atoms in total. The molecule has 1 fully saturated rings. The highest BCUT2D eigenvalue weighted by Crippen LogP contribution is 1.94. The molecule has 0 aromatic carbocycles. The van der Waals surface area contributed by atoms with Crippen LogP contribution in [0.15, 0.2) is 0 Å². The van der Waals surface area contributed by atoms with E-state index < -0.39 is 12.5 Å². The predicted octanol–water partition coefficient (Wildman–Crippen LogP) is -1.84. The number of rotatable bonds is 0. The minimum absolute atomic E-state index is 0.361. The lowest BCUT2D eigenvalue weighted by atomic mass is 10.3. The molecule has 0 aromatic heterocycles. The molecule has 1 rings (SSSR count). The summed E-state index contributed by atoms with van der Waals surface area (Å²) < 4.78 is 0. The summed E-state index contributed by atoms with van der Waals surface area (Å²) in [4.78, 5) is 0. The Labute approximate surface area is 47.5 Å². The average Bonchev–Trinajstić information content (AvgIpc) is 1.64. The van der Waals surface area contributed by atoms with E-state index in [0.29, 0.717) is 13.1 Å². The van der Waals surface area contributed by atoms with Crippen LogP contribution in [0.1, 0.15) is 6.42 Å². The first-order valence-corrected chi connectivity index (χ1v) is 2.62. The summed E-state index contributed by atoms with van der Waals surface area (Å²) in [6.07, 6.45) is -0.738. The number of aliphatic hydroxyl groups is 2. The maximum absolute atomic E-state index is 8.77. The van der Waals surface area contributed by atoms with Gasteiger partial charge in [-0.15, -0.1) is 0 Å². The Kier molecular flexibility index (Phi) is 1.80. The minimum atomic E-state index is -0.550. The van der Waals surface area contributed by atoms with Crippen LogP contribution in [0, 0.1) is 0 Å². The number of hydrogen-bond acceptors (Lipinski definition) is 4. The zero-order chi connectivity index (χ0) is 5.98. The molecule has 0 bridgehead atoms. The first-order chi connectivity index (χ1) is 3.79. The summed E-state index contributed by atoms with van der Waals surface area (Å²) in [6, 6.07) is 0. The normalized spacial score (nSPS) is 39.8. The third-order valence-electron chi connectivity index (χ3n) is 1.12. The number of hydrogen-bond donors (Lipinski definition) is 4. The molecule has 48 valence electrons. The van der Waals surface area contributed by atoms with Crippen molar-refractivity contribution < 1.29 is 10.2 Å². The second kappa shape index (κ2) is 2.41. The third kappa shape index (κ3) is 1.41. The molecule has 1 heterocycles. The highest BCUT2D eigenvalue weighted by Gasteiger charge is 2.14. The van der Waals surface area contributed by atoms with Gasteiger partial charge in [-0.25, -0.2) is 0 Å². The summed E-state index contributed by atoms with van der Waals surface area (Å²) in [5, 5.41) is 22.9. The molecule has 0 spiro atoms. The summed E-state index contributed by atoms with van der Waals surface area (Å²) in [5.74, 6) is 0. The Morgan fingerprint density at radius 3 is 1.88 bits per heavy atom. The molecular weight excluding hydrogens is 108 g/mol. The Bertz CT molecular complexity index is 70.4. The Hall–Kier alpha value is -0.160. The average molecular weight is 118 g/mol. The van der Waals surface area contributed by atoms with Crippen molar-refractivity contribution in [3.63, 3.8) is 0 Å². The SMILES string of the molecule is OC1CC(O)NCN1. The van der Waals surface area contributed by atoms with Crippen molar-refractivity contribution in [1.82, 2.24) is 10.6 Å². The van der Waals surface area contributed by atoms with Crippen LogP contribution >= 0.6 is 0 Å². The monoisotopic (exact) mass is 118 g/mol. The van der Waals surface area contributed by atoms with Gasteiger partial charge >= 0.3 is 0 Å². The van der Waals surface area contributed by atoms with E-state index in [1.54, 1.807) is 0 Å². The molecule has 2 atom stereocenters. The van der Waals surface area contributed by atoms with E-state index in [2.05, 4.69) is 10.6 Å². The Balaban J connectivity index is 2.23. The summed E-state index contributed by atoms with van der Waals surface area (Å²) in [5.41, 5.74) is 0. The molecule has 8 heavy (non-hydrogen) atoms. The van der Waals surface area contributed by atoms with E-state index in [9.17, 15) is 0 Å². The summed E-state index contributed by atoms with van der Waals surface area (Å²) >= 11 is 0. The third-order valence-corrected chi connectivity index (χ3v) is 1.12. The molecule has 4 N–H and O–H groups in total. The summed E-state index contributed by atoms with van der Waals surface area (Å²) in [7, 11) is 0. The van der Waals surface area contributed by atoms with Crippen LogP contribution in [0.5, 0.6) is 0 Å². The predicted molar refractivity (Wildman–Crippen MR) is 27.8 cm³/mol. The Morgan fingerprint density at radius 2 is 1.62 bits per heavy atom. The van der Waals surface area contributed by atoms with Gasteiger partial charge in [0.05, 0.1) is 0 Å². The van der Waals surface area contributed by atoms with Gasteiger partial charge < -0.3 is 10.2 Å². The van der Waals surface area contributed by atoms with Gasteiger partial charge in [0.1, 0.15) is 12.5 Å².